The first kappa shape index (κ1) is 20.1. The van der Waals surface area contributed by atoms with Gasteiger partial charge in [-0.1, -0.05) is 18.2 Å². The van der Waals surface area contributed by atoms with E-state index in [9.17, 15) is 0 Å². The summed E-state index contributed by atoms with van der Waals surface area (Å²) in [5.74, 6) is 0. The molecule has 1 N–H and O–H groups in total. The molecule has 5 rings (SSSR count). The van der Waals surface area contributed by atoms with Gasteiger partial charge in [0, 0.05) is 67.7 Å². The van der Waals surface area contributed by atoms with Crippen molar-refractivity contribution in [3.63, 3.8) is 0 Å². The van der Waals surface area contributed by atoms with Crippen molar-refractivity contribution in [3.8, 4) is 0 Å². The molecule has 2 aromatic carbocycles. The zero-order chi connectivity index (χ0) is 18.8. The third-order valence-electron chi connectivity index (χ3n) is 6.38. The van der Waals surface area contributed by atoms with Gasteiger partial charge in [0.25, 0.3) is 0 Å². The van der Waals surface area contributed by atoms with Gasteiger partial charge in [-0.15, -0.1) is 12.4 Å². The Labute approximate surface area is 179 Å². The molecule has 0 spiro atoms. The Balaban J connectivity index is 0.00000205. The maximum Gasteiger partial charge on any atom is 0.0455 e. The van der Waals surface area contributed by atoms with Gasteiger partial charge >= 0.3 is 0 Å². The van der Waals surface area contributed by atoms with Gasteiger partial charge in [-0.2, -0.15) is 0 Å². The highest BCUT2D eigenvalue weighted by atomic mass is 35.5. The molecule has 3 aromatic rings. The quantitative estimate of drug-likeness (QED) is 0.667. The van der Waals surface area contributed by atoms with Crippen LogP contribution in [0.5, 0.6) is 0 Å². The average molecular weight is 411 g/mol. The highest BCUT2D eigenvalue weighted by Gasteiger charge is 2.19. The highest BCUT2D eigenvalue weighted by molar-refractivity contribution is 5.85. The fraction of sp³-hybridized carbons (Fsp3) is 0.417. The Hall–Kier alpha value is -2.17. The second-order valence-corrected chi connectivity index (χ2v) is 8.15. The van der Waals surface area contributed by atoms with Crippen LogP contribution in [0.4, 0.5) is 11.4 Å². The minimum atomic E-state index is 0. The lowest BCUT2D eigenvalue weighted by atomic mass is 10.0. The highest BCUT2D eigenvalue weighted by Crippen LogP contribution is 2.27. The number of nitrogens with one attached hydrogen (secondary N) is 1. The van der Waals surface area contributed by atoms with Crippen molar-refractivity contribution in [2.75, 3.05) is 55.6 Å². The van der Waals surface area contributed by atoms with Gasteiger partial charge in [-0.25, -0.2) is 0 Å². The number of aromatic nitrogens is 1. The van der Waals surface area contributed by atoms with Crippen LogP contribution in [-0.2, 0) is 6.42 Å². The summed E-state index contributed by atoms with van der Waals surface area (Å²) in [5, 5.41) is 1.31. The number of piperazine rings is 1. The number of nitrogens with zero attached hydrogens (tertiary/aromatic N) is 3. The van der Waals surface area contributed by atoms with Gasteiger partial charge in [-0.05, 0) is 61.7 Å². The predicted octanol–water partition coefficient (Wildman–Crippen LogP) is 4.55. The number of rotatable bonds is 5. The SMILES string of the molecule is Cl.c1ccc2c(c1)CCCN2CCCN1CCN(c2ccc3[nH]ccc3c2)CC1. The van der Waals surface area contributed by atoms with Crippen molar-refractivity contribution in [1.29, 1.82) is 0 Å². The summed E-state index contributed by atoms with van der Waals surface area (Å²) in [5.41, 5.74) is 5.58. The van der Waals surface area contributed by atoms with Crippen LogP contribution in [0, 0.1) is 0 Å². The molecule has 0 aliphatic carbocycles. The maximum atomic E-state index is 3.28. The van der Waals surface area contributed by atoms with Gasteiger partial charge in [0.15, 0.2) is 0 Å². The largest absolute Gasteiger partial charge is 0.371 e. The molecule has 0 atom stereocenters. The number of aromatic amines is 1. The van der Waals surface area contributed by atoms with E-state index in [4.69, 9.17) is 0 Å². The first-order chi connectivity index (χ1) is 13.9. The minimum absolute atomic E-state index is 0. The number of H-pyrrole nitrogens is 1. The number of para-hydroxylation sites is 1. The number of fused-ring (bicyclic) bond motifs is 2. The first-order valence-electron chi connectivity index (χ1n) is 10.7. The second kappa shape index (κ2) is 9.10. The van der Waals surface area contributed by atoms with Crippen molar-refractivity contribution in [2.24, 2.45) is 0 Å². The van der Waals surface area contributed by atoms with Crippen molar-refractivity contribution in [3.05, 3.63) is 60.3 Å². The van der Waals surface area contributed by atoms with E-state index < -0.39 is 0 Å². The molecule has 4 nitrogen and oxygen atoms in total. The molecule has 0 bridgehead atoms. The van der Waals surface area contributed by atoms with E-state index >= 15 is 0 Å². The topological polar surface area (TPSA) is 25.5 Å². The summed E-state index contributed by atoms with van der Waals surface area (Å²) in [6.07, 6.45) is 5.81. The number of benzene rings is 2. The Morgan fingerprint density at radius 1 is 0.862 bits per heavy atom. The van der Waals surface area contributed by atoms with Crippen LogP contribution in [0.2, 0.25) is 0 Å². The van der Waals surface area contributed by atoms with E-state index in [0.717, 1.165) is 13.1 Å². The van der Waals surface area contributed by atoms with Crippen LogP contribution in [0.3, 0.4) is 0 Å². The molecular formula is C24H31ClN4. The average Bonchev–Trinajstić information content (AvgIpc) is 3.22. The molecule has 29 heavy (non-hydrogen) atoms. The lowest BCUT2D eigenvalue weighted by Gasteiger charge is -2.37. The fourth-order valence-electron chi connectivity index (χ4n) is 4.80. The van der Waals surface area contributed by atoms with E-state index in [1.54, 1.807) is 0 Å². The molecule has 1 aromatic heterocycles. The summed E-state index contributed by atoms with van der Waals surface area (Å²) in [7, 11) is 0. The Morgan fingerprint density at radius 2 is 1.72 bits per heavy atom. The first-order valence-corrected chi connectivity index (χ1v) is 10.7. The molecule has 0 radical (unpaired) electrons. The molecule has 1 fully saturated rings. The molecule has 154 valence electrons. The Bertz CT molecular complexity index is 929. The third kappa shape index (κ3) is 4.39. The molecule has 0 unspecified atom stereocenters. The lowest BCUT2D eigenvalue weighted by molar-refractivity contribution is 0.255. The van der Waals surface area contributed by atoms with Crippen molar-refractivity contribution in [2.45, 2.75) is 19.3 Å². The molecule has 3 heterocycles. The predicted molar refractivity (Wildman–Crippen MR) is 126 cm³/mol. The molecule has 5 heteroatoms. The zero-order valence-electron chi connectivity index (χ0n) is 17.0. The van der Waals surface area contributed by atoms with Crippen molar-refractivity contribution >= 4 is 34.7 Å². The van der Waals surface area contributed by atoms with Crippen molar-refractivity contribution in [1.82, 2.24) is 9.88 Å². The summed E-state index contributed by atoms with van der Waals surface area (Å²) >= 11 is 0. The normalized spacial score (nSPS) is 17.2. The van der Waals surface area contributed by atoms with E-state index in [1.807, 2.05) is 6.20 Å². The van der Waals surface area contributed by atoms with E-state index in [-0.39, 0.29) is 12.4 Å². The zero-order valence-corrected chi connectivity index (χ0v) is 17.8. The minimum Gasteiger partial charge on any atom is -0.371 e. The van der Waals surface area contributed by atoms with E-state index in [1.165, 1.54) is 79.8 Å². The van der Waals surface area contributed by atoms with Gasteiger partial charge in [-0.3, -0.25) is 4.90 Å². The van der Waals surface area contributed by atoms with Gasteiger partial charge in [0.05, 0.1) is 0 Å². The number of halogens is 1. The van der Waals surface area contributed by atoms with Gasteiger partial charge in [0.1, 0.15) is 0 Å². The van der Waals surface area contributed by atoms with Crippen LogP contribution in [0.1, 0.15) is 18.4 Å². The Kier molecular flexibility index (Phi) is 6.31. The molecular weight excluding hydrogens is 380 g/mol. The maximum absolute atomic E-state index is 3.28. The fourth-order valence-corrected chi connectivity index (χ4v) is 4.80. The van der Waals surface area contributed by atoms with Crippen LogP contribution < -0.4 is 9.80 Å². The summed E-state index contributed by atoms with van der Waals surface area (Å²) in [6.45, 7) is 8.20. The van der Waals surface area contributed by atoms with E-state index in [0.29, 0.717) is 0 Å². The van der Waals surface area contributed by atoms with Gasteiger partial charge < -0.3 is 14.8 Å². The van der Waals surface area contributed by atoms with Crippen molar-refractivity contribution < 1.29 is 0 Å². The van der Waals surface area contributed by atoms with Crippen LogP contribution in [-0.4, -0.2) is 55.7 Å². The molecule has 1 saturated heterocycles. The smallest absolute Gasteiger partial charge is 0.0455 e. The van der Waals surface area contributed by atoms with Gasteiger partial charge in [0.2, 0.25) is 0 Å². The Morgan fingerprint density at radius 3 is 2.62 bits per heavy atom. The van der Waals surface area contributed by atoms with Crippen LogP contribution in [0.15, 0.2) is 54.7 Å². The van der Waals surface area contributed by atoms with E-state index in [2.05, 4.69) is 68.2 Å². The van der Waals surface area contributed by atoms with Crippen LogP contribution >= 0.6 is 12.4 Å². The summed E-state index contributed by atoms with van der Waals surface area (Å²) in [6, 6.07) is 17.9. The molecule has 0 saturated carbocycles. The second-order valence-electron chi connectivity index (χ2n) is 8.15. The number of hydrogen-bond donors (Lipinski definition) is 1. The summed E-state index contributed by atoms with van der Waals surface area (Å²) < 4.78 is 0. The number of hydrogen-bond acceptors (Lipinski definition) is 3. The number of aryl methyl sites for hydroxylation is 1. The number of anilines is 2. The third-order valence-corrected chi connectivity index (χ3v) is 6.38. The molecule has 2 aliphatic heterocycles. The molecule has 0 amide bonds. The molecule has 2 aliphatic rings. The lowest BCUT2D eigenvalue weighted by Crippen LogP contribution is -2.47. The summed E-state index contributed by atoms with van der Waals surface area (Å²) in [4.78, 5) is 11.1. The van der Waals surface area contributed by atoms with Crippen LogP contribution in [0.25, 0.3) is 10.9 Å². The monoisotopic (exact) mass is 410 g/mol. The standard InChI is InChI=1S/C24H30N4.ClH/c1-2-7-24-20(5-1)6-3-13-28(24)14-4-12-26-15-17-27(18-16-26)22-8-9-23-21(19-22)10-11-25-23;/h1-2,5,7-11,19,25H,3-4,6,12-18H2;1H.